The maximum absolute atomic E-state index is 15.5. The topological polar surface area (TPSA) is 108 Å². The van der Waals surface area contributed by atoms with Gasteiger partial charge >= 0.3 is 0 Å². The molecule has 0 amide bonds. The van der Waals surface area contributed by atoms with Crippen LogP contribution in [0.2, 0.25) is 0 Å². The molecule has 0 saturated carbocycles. The van der Waals surface area contributed by atoms with E-state index < -0.39 is 17.7 Å². The van der Waals surface area contributed by atoms with Gasteiger partial charge < -0.3 is 15.4 Å². The van der Waals surface area contributed by atoms with Gasteiger partial charge in [-0.3, -0.25) is 4.57 Å². The Labute approximate surface area is 246 Å². The number of ether oxygens (including phenoxy) is 1. The van der Waals surface area contributed by atoms with Crippen LogP contribution in [-0.2, 0) is 6.42 Å². The number of imidazole rings is 1. The number of aryl methyl sites for hydroxylation is 2. The molecule has 42 heavy (non-hydrogen) atoms. The largest absolute Gasteiger partial charge is 0.490 e. The zero-order valence-corrected chi connectivity index (χ0v) is 24.3. The number of rotatable bonds is 7. The van der Waals surface area contributed by atoms with Gasteiger partial charge in [0, 0.05) is 35.3 Å². The Morgan fingerprint density at radius 1 is 1.14 bits per heavy atom. The normalized spacial score (nSPS) is 16.0. The molecule has 2 aliphatic rings. The van der Waals surface area contributed by atoms with E-state index in [1.807, 2.05) is 17.9 Å². The molecule has 1 aromatic carbocycles. The van der Waals surface area contributed by atoms with Crippen molar-refractivity contribution >= 4 is 29.4 Å². The molecular formula is C30H30F2N8OS. The molecule has 0 fully saturated rings. The van der Waals surface area contributed by atoms with Crippen molar-refractivity contribution in [3.8, 4) is 11.7 Å². The summed E-state index contributed by atoms with van der Waals surface area (Å²) in [7, 11) is 0. The average Bonchev–Trinajstić information content (AvgIpc) is 3.39. The molecule has 12 heteroatoms. The number of halogens is 2. The number of fused-ring (bicyclic) bond motifs is 2. The smallest absolute Gasteiger partial charge is 0.237 e. The molecule has 216 valence electrons. The summed E-state index contributed by atoms with van der Waals surface area (Å²) in [6.45, 7) is 10.6. The van der Waals surface area contributed by atoms with Crippen molar-refractivity contribution in [3.05, 3.63) is 89.0 Å². The lowest BCUT2D eigenvalue weighted by Gasteiger charge is -2.38. The Bertz CT molecular complexity index is 1720. The van der Waals surface area contributed by atoms with Crippen molar-refractivity contribution in [2.24, 2.45) is 5.73 Å². The second-order valence-corrected chi connectivity index (χ2v) is 12.0. The molecule has 6 rings (SSSR count). The van der Waals surface area contributed by atoms with Crippen molar-refractivity contribution in [2.45, 2.75) is 56.5 Å². The number of anilines is 1. The highest BCUT2D eigenvalue weighted by atomic mass is 32.2. The first-order valence-electron chi connectivity index (χ1n) is 13.7. The van der Waals surface area contributed by atoms with E-state index in [0.29, 0.717) is 40.3 Å². The third-order valence-corrected chi connectivity index (χ3v) is 8.05. The first-order valence-corrected chi connectivity index (χ1v) is 14.5. The van der Waals surface area contributed by atoms with Crippen LogP contribution < -0.4 is 15.4 Å². The van der Waals surface area contributed by atoms with Crippen molar-refractivity contribution in [1.82, 2.24) is 29.5 Å². The van der Waals surface area contributed by atoms with Gasteiger partial charge in [-0.15, -0.1) is 0 Å². The number of allylic oxidation sites excluding steroid dienone is 1. The summed E-state index contributed by atoms with van der Waals surface area (Å²) >= 11 is 1.52. The molecule has 2 N–H and O–H groups in total. The van der Waals surface area contributed by atoms with Crippen LogP contribution in [0.4, 0.5) is 14.6 Å². The average molecular weight is 589 g/mol. The number of nitrogens with two attached hydrogens (primary N) is 1. The van der Waals surface area contributed by atoms with Crippen LogP contribution in [0.5, 0.6) is 5.75 Å². The lowest BCUT2D eigenvalue weighted by atomic mass is 9.96. The van der Waals surface area contributed by atoms with Gasteiger partial charge in [0.25, 0.3) is 0 Å². The van der Waals surface area contributed by atoms with Gasteiger partial charge in [0.2, 0.25) is 5.95 Å². The van der Waals surface area contributed by atoms with Crippen LogP contribution in [-0.4, -0.2) is 41.3 Å². The van der Waals surface area contributed by atoms with E-state index in [4.69, 9.17) is 20.4 Å². The third-order valence-electron chi connectivity index (χ3n) is 7.17. The molecule has 0 spiro atoms. The minimum absolute atomic E-state index is 0.100. The Balaban J connectivity index is 1.52. The maximum Gasteiger partial charge on any atom is 0.237 e. The zero-order chi connectivity index (χ0) is 29.5. The molecule has 4 aromatic rings. The Kier molecular flexibility index (Phi) is 7.40. The molecular weight excluding hydrogens is 558 g/mol. The monoisotopic (exact) mass is 588 g/mol. The number of hydrogen-bond donors (Lipinski definition) is 1. The number of nitrogens with zero attached hydrogens (tertiary/aromatic N) is 7. The van der Waals surface area contributed by atoms with E-state index >= 15 is 4.39 Å². The Hall–Kier alpha value is -4.32. The number of thioether (sulfide) groups is 1. The molecule has 0 radical (unpaired) electrons. The van der Waals surface area contributed by atoms with E-state index in [0.717, 1.165) is 42.1 Å². The molecule has 1 aliphatic heterocycles. The van der Waals surface area contributed by atoms with Crippen LogP contribution in [0, 0.1) is 18.6 Å². The van der Waals surface area contributed by atoms with Gasteiger partial charge in [0.05, 0.1) is 41.0 Å². The number of aromatic nitrogens is 6. The fourth-order valence-electron chi connectivity index (χ4n) is 5.23. The quantitative estimate of drug-likeness (QED) is 0.212. The predicted octanol–water partition coefficient (Wildman–Crippen LogP) is 5.79. The van der Waals surface area contributed by atoms with E-state index in [9.17, 15) is 4.39 Å². The minimum Gasteiger partial charge on any atom is -0.490 e. The van der Waals surface area contributed by atoms with Crippen molar-refractivity contribution in [3.63, 3.8) is 0 Å². The van der Waals surface area contributed by atoms with E-state index in [-0.39, 0.29) is 23.2 Å². The van der Waals surface area contributed by atoms with Gasteiger partial charge in [-0.25, -0.2) is 28.7 Å². The summed E-state index contributed by atoms with van der Waals surface area (Å²) in [5, 5.41) is 0.850. The second-order valence-electron chi connectivity index (χ2n) is 10.5. The molecule has 4 heterocycles. The van der Waals surface area contributed by atoms with Crippen LogP contribution in [0.1, 0.15) is 60.9 Å². The van der Waals surface area contributed by atoms with Crippen LogP contribution in [0.3, 0.4) is 0 Å². The van der Waals surface area contributed by atoms with Crippen molar-refractivity contribution < 1.29 is 13.5 Å². The molecule has 1 unspecified atom stereocenters. The van der Waals surface area contributed by atoms with Gasteiger partial charge in [0.15, 0.2) is 16.7 Å². The lowest BCUT2D eigenvalue weighted by Crippen LogP contribution is -2.34. The standard InChI is InChI=1S/C30H30F2N8OS/c1-16(2)42-30-34-11-9-22(37-30)18(4)40(24-10-12-41-27-21(32)7-6-20(31)26(24)27)28-17(3)14-35-29(38-28)39-15-36-23-8-5-19(33)13-25(23)39/h6-7,9,11,13-16,24H,4-5,8,10,12,33H2,1-3H3. The molecule has 0 saturated heterocycles. The van der Waals surface area contributed by atoms with Crippen LogP contribution in [0.25, 0.3) is 17.7 Å². The Morgan fingerprint density at radius 3 is 2.76 bits per heavy atom. The highest BCUT2D eigenvalue weighted by Crippen LogP contribution is 2.44. The molecule has 0 bridgehead atoms. The van der Waals surface area contributed by atoms with Crippen LogP contribution in [0.15, 0.2) is 54.4 Å². The second kappa shape index (κ2) is 11.2. The number of hydrogen-bond acceptors (Lipinski definition) is 9. The third kappa shape index (κ3) is 5.11. The summed E-state index contributed by atoms with van der Waals surface area (Å²) in [5.41, 5.74) is 10.4. The minimum atomic E-state index is -0.693. The summed E-state index contributed by atoms with van der Waals surface area (Å²) in [6.07, 6.45) is 8.73. The van der Waals surface area contributed by atoms with E-state index in [1.165, 1.54) is 11.8 Å². The molecule has 1 aliphatic carbocycles. The maximum atomic E-state index is 15.5. The Morgan fingerprint density at radius 2 is 1.95 bits per heavy atom. The fraction of sp³-hybridized carbons (Fsp3) is 0.300. The van der Waals surface area contributed by atoms with E-state index in [1.54, 1.807) is 29.4 Å². The highest BCUT2D eigenvalue weighted by Gasteiger charge is 2.36. The lowest BCUT2D eigenvalue weighted by molar-refractivity contribution is 0.249. The first-order chi connectivity index (χ1) is 20.2. The molecule has 9 nitrogen and oxygen atoms in total. The predicted molar refractivity (Wildman–Crippen MR) is 158 cm³/mol. The summed E-state index contributed by atoms with van der Waals surface area (Å²) in [4.78, 5) is 25.1. The summed E-state index contributed by atoms with van der Waals surface area (Å²) in [5.74, 6) is -0.492. The van der Waals surface area contributed by atoms with Gasteiger partial charge in [-0.2, -0.15) is 4.98 Å². The first kappa shape index (κ1) is 27.8. The highest BCUT2D eigenvalue weighted by molar-refractivity contribution is 7.99. The van der Waals surface area contributed by atoms with Gasteiger partial charge in [-0.1, -0.05) is 32.2 Å². The molecule has 1 atom stereocenters. The van der Waals surface area contributed by atoms with Gasteiger partial charge in [-0.05, 0) is 44.0 Å². The number of benzene rings is 1. The van der Waals surface area contributed by atoms with Crippen molar-refractivity contribution in [1.29, 1.82) is 0 Å². The zero-order valence-electron chi connectivity index (χ0n) is 23.5. The fourth-order valence-corrected chi connectivity index (χ4v) is 5.93. The summed E-state index contributed by atoms with van der Waals surface area (Å²) in [6, 6.07) is 3.25. The summed E-state index contributed by atoms with van der Waals surface area (Å²) < 4.78 is 37.8. The SMILES string of the molecule is C=C(c1ccnc(SC(C)C)n1)N(c1nc(-n2cnc3c2C=C(N)CC3)ncc1C)C1CCOc2c(F)ccc(F)c21. The van der Waals surface area contributed by atoms with Gasteiger partial charge in [0.1, 0.15) is 18.0 Å². The van der Waals surface area contributed by atoms with E-state index in [2.05, 4.69) is 35.4 Å². The van der Waals surface area contributed by atoms with Crippen LogP contribution >= 0.6 is 11.8 Å². The van der Waals surface area contributed by atoms with Crippen molar-refractivity contribution in [2.75, 3.05) is 11.5 Å². The molecule has 3 aromatic heterocycles.